The normalized spacial score (nSPS) is 15.4. The van der Waals surface area contributed by atoms with Gasteiger partial charge in [0.05, 0.1) is 18.1 Å². The van der Waals surface area contributed by atoms with Gasteiger partial charge in [-0.15, -0.1) is 0 Å². The Kier molecular flexibility index (Phi) is 6.67. The number of ether oxygens (including phenoxy) is 1. The van der Waals surface area contributed by atoms with E-state index >= 15 is 0 Å². The van der Waals surface area contributed by atoms with Crippen LogP contribution in [0.25, 0.3) is 10.4 Å². The molecule has 1 aliphatic heterocycles. The molecule has 0 aliphatic carbocycles. The zero-order valence-electron chi connectivity index (χ0n) is 14.9. The van der Waals surface area contributed by atoms with Crippen molar-refractivity contribution in [2.45, 2.75) is 26.3 Å². The summed E-state index contributed by atoms with van der Waals surface area (Å²) in [4.78, 5) is 16.2. The molecule has 1 N–H and O–H groups in total. The first kappa shape index (κ1) is 18.2. The number of hydrogen-bond acceptors (Lipinski definition) is 5. The molecule has 0 unspecified atom stereocenters. The number of nitrogens with zero attached hydrogens (tertiary/aromatic N) is 2. The van der Waals surface area contributed by atoms with Gasteiger partial charge in [0, 0.05) is 32.7 Å². The molecule has 1 aromatic heterocycles. The quantitative estimate of drug-likeness (QED) is 0.785. The lowest BCUT2D eigenvalue weighted by molar-refractivity contribution is 0.0398. The number of nitrogens with one attached hydrogen (secondary N) is 1. The fraction of sp³-hybridized carbons (Fsp3) is 0.526. The van der Waals surface area contributed by atoms with Gasteiger partial charge in [0.15, 0.2) is 0 Å². The molecule has 0 atom stereocenters. The predicted octanol–water partition coefficient (Wildman–Crippen LogP) is 3.12. The number of aromatic nitrogens is 1. The fourth-order valence-corrected chi connectivity index (χ4v) is 4.08. The van der Waals surface area contributed by atoms with Crippen LogP contribution in [0.5, 0.6) is 0 Å². The number of hydrogen-bond donors (Lipinski definition) is 1. The molecular weight excluding hydrogens is 334 g/mol. The second-order valence-corrected chi connectivity index (χ2v) is 7.33. The van der Waals surface area contributed by atoms with Crippen molar-refractivity contribution in [3.05, 3.63) is 40.7 Å². The Hall–Kier alpha value is -1.63. The van der Waals surface area contributed by atoms with Gasteiger partial charge in [0.2, 0.25) is 0 Å². The highest BCUT2D eigenvalue weighted by Crippen LogP contribution is 2.30. The van der Waals surface area contributed by atoms with E-state index in [9.17, 15) is 4.79 Å². The fourth-order valence-electron chi connectivity index (χ4n) is 2.97. The highest BCUT2D eigenvalue weighted by Gasteiger charge is 2.17. The van der Waals surface area contributed by atoms with E-state index < -0.39 is 0 Å². The lowest BCUT2D eigenvalue weighted by atomic mass is 10.2. The van der Waals surface area contributed by atoms with E-state index in [0.29, 0.717) is 0 Å². The average Bonchev–Trinajstić information content (AvgIpc) is 2.98. The molecule has 0 radical (unpaired) electrons. The van der Waals surface area contributed by atoms with Crippen LogP contribution in [0.4, 0.5) is 5.69 Å². The Labute approximate surface area is 153 Å². The second-order valence-electron chi connectivity index (χ2n) is 6.30. The average molecular weight is 362 g/mol. The maximum absolute atomic E-state index is 12.8. The van der Waals surface area contributed by atoms with Crippen molar-refractivity contribution in [3.63, 3.8) is 0 Å². The van der Waals surface area contributed by atoms with E-state index in [4.69, 9.17) is 4.74 Å². The molecule has 0 bridgehead atoms. The van der Waals surface area contributed by atoms with Gasteiger partial charge in [-0.05, 0) is 12.0 Å². The summed E-state index contributed by atoms with van der Waals surface area (Å²) in [7, 11) is 0. The number of rotatable bonds is 8. The van der Waals surface area contributed by atoms with Gasteiger partial charge in [-0.2, -0.15) is 0 Å². The molecule has 1 aliphatic rings. The molecule has 1 fully saturated rings. The Bertz CT molecular complexity index is 705. The smallest absolute Gasteiger partial charge is 0.284 e. The predicted molar refractivity (Wildman–Crippen MR) is 105 cm³/mol. The van der Waals surface area contributed by atoms with E-state index in [1.807, 2.05) is 22.2 Å². The molecule has 2 aromatic rings. The van der Waals surface area contributed by atoms with Gasteiger partial charge in [-0.25, -0.2) is 0 Å². The zero-order chi connectivity index (χ0) is 17.5. The Morgan fingerprint density at radius 1 is 1.16 bits per heavy atom. The van der Waals surface area contributed by atoms with Gasteiger partial charge in [0.1, 0.15) is 5.69 Å². The molecule has 136 valence electrons. The second kappa shape index (κ2) is 9.17. The molecule has 0 spiro atoms. The largest absolute Gasteiger partial charge is 0.379 e. The van der Waals surface area contributed by atoms with Gasteiger partial charge in [-0.3, -0.25) is 13.7 Å². The molecule has 5 nitrogen and oxygen atoms in total. The summed E-state index contributed by atoms with van der Waals surface area (Å²) < 4.78 is 7.28. The summed E-state index contributed by atoms with van der Waals surface area (Å²) >= 11 is 1.57. The van der Waals surface area contributed by atoms with Crippen molar-refractivity contribution in [1.29, 1.82) is 0 Å². The van der Waals surface area contributed by atoms with Crippen molar-refractivity contribution in [3.8, 4) is 10.4 Å². The van der Waals surface area contributed by atoms with E-state index in [2.05, 4.69) is 29.3 Å². The molecule has 25 heavy (non-hydrogen) atoms. The minimum atomic E-state index is 0.110. The van der Waals surface area contributed by atoms with Crippen molar-refractivity contribution >= 4 is 17.2 Å². The first-order valence-corrected chi connectivity index (χ1v) is 9.90. The maximum Gasteiger partial charge on any atom is 0.284 e. The molecule has 0 amide bonds. The molecule has 3 rings (SSSR count). The van der Waals surface area contributed by atoms with Crippen LogP contribution in [0.15, 0.2) is 35.1 Å². The summed E-state index contributed by atoms with van der Waals surface area (Å²) in [5.41, 5.74) is 1.97. The SMILES string of the molecule is CCCCn1sc(-c2ccccc2)c(NCCN2CCOCC2)c1=O. The molecule has 6 heteroatoms. The van der Waals surface area contributed by atoms with Gasteiger partial charge in [0.25, 0.3) is 5.56 Å². The van der Waals surface area contributed by atoms with Crippen LogP contribution in [-0.4, -0.2) is 48.2 Å². The molecule has 1 aromatic carbocycles. The van der Waals surface area contributed by atoms with Gasteiger partial charge in [-0.1, -0.05) is 55.2 Å². The van der Waals surface area contributed by atoms with E-state index in [-0.39, 0.29) is 5.56 Å². The molecule has 1 saturated heterocycles. The van der Waals surface area contributed by atoms with Crippen LogP contribution in [0.3, 0.4) is 0 Å². The summed E-state index contributed by atoms with van der Waals surface area (Å²) in [5.74, 6) is 0. The number of unbranched alkanes of at least 4 members (excludes halogenated alkanes) is 1. The third kappa shape index (κ3) is 4.71. The summed E-state index contributed by atoms with van der Waals surface area (Å²) in [6.07, 6.45) is 2.12. The Morgan fingerprint density at radius 3 is 2.64 bits per heavy atom. The topological polar surface area (TPSA) is 46.5 Å². The van der Waals surface area contributed by atoms with Crippen LogP contribution in [-0.2, 0) is 11.3 Å². The Balaban J connectivity index is 1.75. The van der Waals surface area contributed by atoms with E-state index in [0.717, 1.165) is 74.9 Å². The molecule has 0 saturated carbocycles. The Morgan fingerprint density at radius 2 is 1.92 bits per heavy atom. The first-order chi connectivity index (χ1) is 12.3. The van der Waals surface area contributed by atoms with Crippen LogP contribution < -0.4 is 10.9 Å². The molecule has 2 heterocycles. The summed E-state index contributed by atoms with van der Waals surface area (Å²) in [6, 6.07) is 10.2. The van der Waals surface area contributed by atoms with Crippen molar-refractivity contribution in [2.24, 2.45) is 0 Å². The third-order valence-electron chi connectivity index (χ3n) is 4.45. The standard InChI is InChI=1S/C19H27N3O2S/c1-2-3-10-22-19(23)17(18(25-22)16-7-5-4-6-8-16)20-9-11-21-12-14-24-15-13-21/h4-8,20H,2-3,9-15H2,1H3. The monoisotopic (exact) mass is 361 g/mol. The minimum absolute atomic E-state index is 0.110. The maximum atomic E-state index is 12.8. The van der Waals surface area contributed by atoms with Crippen LogP contribution in [0, 0.1) is 0 Å². The third-order valence-corrected chi connectivity index (χ3v) is 5.64. The lowest BCUT2D eigenvalue weighted by Gasteiger charge is -2.26. The highest BCUT2D eigenvalue weighted by atomic mass is 32.1. The summed E-state index contributed by atoms with van der Waals surface area (Å²) in [6.45, 7) is 8.20. The minimum Gasteiger partial charge on any atom is -0.379 e. The summed E-state index contributed by atoms with van der Waals surface area (Å²) in [5, 5.41) is 3.42. The number of benzene rings is 1. The zero-order valence-corrected chi connectivity index (χ0v) is 15.7. The van der Waals surface area contributed by atoms with E-state index in [1.54, 1.807) is 11.5 Å². The van der Waals surface area contributed by atoms with Crippen LogP contribution in [0.2, 0.25) is 0 Å². The number of aryl methyl sites for hydroxylation is 1. The first-order valence-electron chi connectivity index (χ1n) is 9.13. The van der Waals surface area contributed by atoms with Crippen molar-refractivity contribution in [2.75, 3.05) is 44.7 Å². The number of morpholine rings is 1. The van der Waals surface area contributed by atoms with Crippen LogP contribution in [0.1, 0.15) is 19.8 Å². The number of anilines is 1. The van der Waals surface area contributed by atoms with Crippen molar-refractivity contribution < 1.29 is 4.74 Å². The highest BCUT2D eigenvalue weighted by molar-refractivity contribution is 7.10. The van der Waals surface area contributed by atoms with Crippen molar-refractivity contribution in [1.82, 2.24) is 8.86 Å². The van der Waals surface area contributed by atoms with Gasteiger partial charge < -0.3 is 10.1 Å². The molecular formula is C19H27N3O2S. The van der Waals surface area contributed by atoms with Gasteiger partial charge >= 0.3 is 0 Å². The van der Waals surface area contributed by atoms with E-state index in [1.165, 1.54) is 0 Å². The van der Waals surface area contributed by atoms with Crippen LogP contribution >= 0.6 is 11.5 Å². The lowest BCUT2D eigenvalue weighted by Crippen LogP contribution is -2.39.